The smallest absolute Gasteiger partial charge is 0.234 e. The van der Waals surface area contributed by atoms with Crippen LogP contribution in [0.15, 0.2) is 24.4 Å². The Morgan fingerprint density at radius 3 is 3.14 bits per heavy atom. The van der Waals surface area contributed by atoms with E-state index in [4.69, 9.17) is 4.74 Å². The van der Waals surface area contributed by atoms with Crippen molar-refractivity contribution in [1.29, 1.82) is 0 Å². The first-order chi connectivity index (χ1) is 6.86. The van der Waals surface area contributed by atoms with E-state index in [1.165, 1.54) is 11.9 Å². The Hall–Kier alpha value is -1.42. The van der Waals surface area contributed by atoms with Gasteiger partial charge in [0.05, 0.1) is 12.6 Å². The lowest BCUT2D eigenvalue weighted by molar-refractivity contribution is 0.403. The van der Waals surface area contributed by atoms with E-state index in [0.29, 0.717) is 5.88 Å². The number of thiophene rings is 1. The first-order valence-corrected chi connectivity index (χ1v) is 5.10. The van der Waals surface area contributed by atoms with E-state index in [1.54, 1.807) is 18.4 Å². The second-order valence-corrected chi connectivity index (χ2v) is 3.69. The summed E-state index contributed by atoms with van der Waals surface area (Å²) in [6.07, 6.45) is 4.23. The molecule has 0 aliphatic carbocycles. The van der Waals surface area contributed by atoms with Crippen LogP contribution >= 0.6 is 11.3 Å². The zero-order chi connectivity index (χ0) is 9.97. The zero-order valence-electron chi connectivity index (χ0n) is 7.86. The molecule has 2 heterocycles. The van der Waals surface area contributed by atoms with Gasteiger partial charge >= 0.3 is 0 Å². The molecule has 0 N–H and O–H groups in total. The van der Waals surface area contributed by atoms with Gasteiger partial charge in [-0.2, -0.15) is 0 Å². The maximum atomic E-state index is 5.15. The maximum absolute atomic E-state index is 5.15. The van der Waals surface area contributed by atoms with Gasteiger partial charge in [-0.05, 0) is 17.4 Å². The normalized spacial score (nSPS) is 10.4. The fourth-order valence-electron chi connectivity index (χ4n) is 1.32. The fourth-order valence-corrected chi connectivity index (χ4v) is 2.32. The number of hydrogen-bond acceptors (Lipinski definition) is 4. The molecular weight excluding hydrogens is 196 g/mol. The highest BCUT2D eigenvalue weighted by Gasteiger charge is 2.09. The van der Waals surface area contributed by atoms with Crippen LogP contribution in [-0.4, -0.2) is 17.1 Å². The second-order valence-electron chi connectivity index (χ2n) is 2.81. The Morgan fingerprint density at radius 2 is 2.43 bits per heavy atom. The van der Waals surface area contributed by atoms with Gasteiger partial charge in [-0.25, -0.2) is 9.97 Å². The van der Waals surface area contributed by atoms with Crippen molar-refractivity contribution >= 4 is 21.6 Å². The standard InChI is InChI=1S/C10H10N2OS/c1-3-4-7-5-14-9-8(7)11-6-12-10(9)13-2/h3,5-6H,1,4H2,2H3. The van der Waals surface area contributed by atoms with E-state index < -0.39 is 0 Å². The number of hydrogen-bond donors (Lipinski definition) is 0. The minimum Gasteiger partial charge on any atom is -0.480 e. The third kappa shape index (κ3) is 1.37. The van der Waals surface area contributed by atoms with Crippen molar-refractivity contribution in [2.75, 3.05) is 7.11 Å². The van der Waals surface area contributed by atoms with Gasteiger partial charge in [0.15, 0.2) is 0 Å². The molecule has 4 heteroatoms. The second kappa shape index (κ2) is 3.75. The summed E-state index contributed by atoms with van der Waals surface area (Å²) in [5, 5.41) is 2.07. The van der Waals surface area contributed by atoms with Crippen LogP contribution in [-0.2, 0) is 6.42 Å². The van der Waals surface area contributed by atoms with Gasteiger partial charge < -0.3 is 4.74 Å². The van der Waals surface area contributed by atoms with Crippen molar-refractivity contribution in [3.63, 3.8) is 0 Å². The molecule has 0 atom stereocenters. The van der Waals surface area contributed by atoms with Crippen molar-refractivity contribution in [2.45, 2.75) is 6.42 Å². The predicted octanol–water partition coefficient (Wildman–Crippen LogP) is 2.43. The number of allylic oxidation sites excluding steroid dienone is 1. The highest BCUT2D eigenvalue weighted by molar-refractivity contribution is 7.17. The monoisotopic (exact) mass is 206 g/mol. The molecule has 0 saturated carbocycles. The topological polar surface area (TPSA) is 35.0 Å². The van der Waals surface area contributed by atoms with Crippen LogP contribution in [0, 0.1) is 0 Å². The molecule has 0 fully saturated rings. The van der Waals surface area contributed by atoms with Gasteiger partial charge in [-0.15, -0.1) is 17.9 Å². The van der Waals surface area contributed by atoms with E-state index in [1.807, 2.05) is 6.08 Å². The average molecular weight is 206 g/mol. The van der Waals surface area contributed by atoms with Gasteiger partial charge in [0, 0.05) is 0 Å². The number of fused-ring (bicyclic) bond motifs is 1. The van der Waals surface area contributed by atoms with Crippen molar-refractivity contribution in [3.8, 4) is 5.88 Å². The Kier molecular flexibility index (Phi) is 2.45. The van der Waals surface area contributed by atoms with Crippen LogP contribution < -0.4 is 4.74 Å². The molecule has 14 heavy (non-hydrogen) atoms. The first-order valence-electron chi connectivity index (χ1n) is 4.22. The quantitative estimate of drug-likeness (QED) is 0.723. The lowest BCUT2D eigenvalue weighted by atomic mass is 10.2. The molecule has 2 rings (SSSR count). The molecule has 0 saturated heterocycles. The third-order valence-electron chi connectivity index (χ3n) is 1.95. The van der Waals surface area contributed by atoms with Crippen LogP contribution in [0.25, 0.3) is 10.2 Å². The average Bonchev–Trinajstić information content (AvgIpc) is 2.62. The molecule has 72 valence electrons. The number of aromatic nitrogens is 2. The summed E-state index contributed by atoms with van der Waals surface area (Å²) in [5.41, 5.74) is 2.16. The highest BCUT2D eigenvalue weighted by atomic mass is 32.1. The number of rotatable bonds is 3. The van der Waals surface area contributed by atoms with E-state index in [0.717, 1.165) is 16.6 Å². The van der Waals surface area contributed by atoms with Crippen molar-refractivity contribution < 1.29 is 4.74 Å². The highest BCUT2D eigenvalue weighted by Crippen LogP contribution is 2.30. The molecule has 0 spiro atoms. The van der Waals surface area contributed by atoms with Gasteiger partial charge in [0.2, 0.25) is 5.88 Å². The molecule has 2 aromatic rings. The molecule has 0 aliphatic heterocycles. The molecule has 0 unspecified atom stereocenters. The zero-order valence-corrected chi connectivity index (χ0v) is 8.67. The van der Waals surface area contributed by atoms with E-state index in [2.05, 4.69) is 21.9 Å². The van der Waals surface area contributed by atoms with Crippen LogP contribution in [0.4, 0.5) is 0 Å². The van der Waals surface area contributed by atoms with Crippen LogP contribution in [0.3, 0.4) is 0 Å². The molecule has 2 aromatic heterocycles. The van der Waals surface area contributed by atoms with Crippen molar-refractivity contribution in [1.82, 2.24) is 9.97 Å². The summed E-state index contributed by atoms with van der Waals surface area (Å²) in [4.78, 5) is 8.29. The Morgan fingerprint density at radius 1 is 1.57 bits per heavy atom. The van der Waals surface area contributed by atoms with Gasteiger partial charge in [0.1, 0.15) is 11.0 Å². The molecule has 0 amide bonds. The summed E-state index contributed by atoms with van der Waals surface area (Å²) in [6.45, 7) is 3.71. The van der Waals surface area contributed by atoms with Crippen LogP contribution in [0.2, 0.25) is 0 Å². The first kappa shape index (κ1) is 9.15. The Bertz CT molecular complexity index is 464. The molecule has 0 radical (unpaired) electrons. The van der Waals surface area contributed by atoms with Crippen LogP contribution in [0.5, 0.6) is 5.88 Å². The van der Waals surface area contributed by atoms with Crippen molar-refractivity contribution in [3.05, 3.63) is 29.9 Å². The SMILES string of the molecule is C=CCc1csc2c(OC)ncnc12. The van der Waals surface area contributed by atoms with E-state index >= 15 is 0 Å². The third-order valence-corrected chi connectivity index (χ3v) is 2.96. The minimum atomic E-state index is 0.648. The predicted molar refractivity (Wildman–Crippen MR) is 57.9 cm³/mol. The van der Waals surface area contributed by atoms with Gasteiger partial charge in [-0.3, -0.25) is 0 Å². The number of methoxy groups -OCH3 is 1. The maximum Gasteiger partial charge on any atom is 0.234 e. The fraction of sp³-hybridized carbons (Fsp3) is 0.200. The lowest BCUT2D eigenvalue weighted by Crippen LogP contribution is -1.89. The molecule has 0 aromatic carbocycles. The molecule has 0 aliphatic rings. The minimum absolute atomic E-state index is 0.648. The summed E-state index contributed by atoms with van der Waals surface area (Å²) >= 11 is 1.61. The van der Waals surface area contributed by atoms with E-state index in [9.17, 15) is 0 Å². The summed E-state index contributed by atoms with van der Waals surface area (Å²) < 4.78 is 6.16. The van der Waals surface area contributed by atoms with Crippen LogP contribution in [0.1, 0.15) is 5.56 Å². The van der Waals surface area contributed by atoms with Gasteiger partial charge in [0.25, 0.3) is 0 Å². The molecule has 3 nitrogen and oxygen atoms in total. The molecular formula is C10H10N2OS. The Balaban J connectivity index is 2.63. The summed E-state index contributed by atoms with van der Waals surface area (Å²) in [5.74, 6) is 0.648. The largest absolute Gasteiger partial charge is 0.480 e. The summed E-state index contributed by atoms with van der Waals surface area (Å²) in [6, 6.07) is 0. The van der Waals surface area contributed by atoms with Crippen molar-refractivity contribution in [2.24, 2.45) is 0 Å². The van der Waals surface area contributed by atoms with Gasteiger partial charge in [-0.1, -0.05) is 6.08 Å². The number of ether oxygens (including phenoxy) is 1. The number of nitrogens with zero attached hydrogens (tertiary/aromatic N) is 2. The van der Waals surface area contributed by atoms with E-state index in [-0.39, 0.29) is 0 Å². The Labute approximate surface area is 86.1 Å². The lowest BCUT2D eigenvalue weighted by Gasteiger charge is -1.98. The molecule has 0 bridgehead atoms. The summed E-state index contributed by atoms with van der Waals surface area (Å²) in [7, 11) is 1.62.